The highest BCUT2D eigenvalue weighted by atomic mass is 16.4. The quantitative estimate of drug-likeness (QED) is 0.778. The predicted octanol–water partition coefficient (Wildman–Crippen LogP) is 1.59. The number of amides is 2. The Bertz CT molecular complexity index is 483. The molecule has 0 unspecified atom stereocenters. The number of rotatable bonds is 4. The summed E-state index contributed by atoms with van der Waals surface area (Å²) in [6.45, 7) is 8.93. The van der Waals surface area contributed by atoms with Crippen LogP contribution in [0.2, 0.25) is 0 Å². The van der Waals surface area contributed by atoms with Gasteiger partial charge in [-0.05, 0) is 19.3 Å². The molecular weight excluding hydrogens is 262 g/mol. The molecule has 1 atom stereocenters. The minimum atomic E-state index is -1.07. The first-order chi connectivity index (χ1) is 9.11. The van der Waals surface area contributed by atoms with E-state index in [4.69, 9.17) is 9.52 Å². The van der Waals surface area contributed by atoms with Gasteiger partial charge in [0.1, 0.15) is 11.8 Å². The smallest absolute Gasteiger partial charge is 0.326 e. The van der Waals surface area contributed by atoms with E-state index in [2.05, 4.69) is 15.6 Å². The minimum Gasteiger partial charge on any atom is -0.480 e. The molecule has 0 radical (unpaired) electrons. The summed E-state index contributed by atoms with van der Waals surface area (Å²) in [5.74, 6) is 0.00792. The van der Waals surface area contributed by atoms with Crippen molar-refractivity contribution in [3.05, 3.63) is 17.3 Å². The molecule has 1 rings (SSSR count). The molecule has 3 N–H and O–H groups in total. The fraction of sp³-hybridized carbons (Fsp3) is 0.615. The van der Waals surface area contributed by atoms with Crippen molar-refractivity contribution in [2.24, 2.45) is 5.41 Å². The molecule has 0 fully saturated rings. The van der Waals surface area contributed by atoms with Gasteiger partial charge in [-0.15, -0.1) is 0 Å². The van der Waals surface area contributed by atoms with Crippen LogP contribution in [0.15, 0.2) is 4.42 Å². The average Bonchev–Trinajstić information content (AvgIpc) is 2.61. The summed E-state index contributed by atoms with van der Waals surface area (Å²) in [5, 5.41) is 14.1. The summed E-state index contributed by atoms with van der Waals surface area (Å²) in [4.78, 5) is 27.0. The number of aromatic nitrogens is 1. The lowest BCUT2D eigenvalue weighted by Crippen LogP contribution is -2.52. The number of nitrogens with one attached hydrogen (secondary N) is 2. The normalized spacial score (nSPS) is 12.8. The largest absolute Gasteiger partial charge is 0.480 e. The maximum absolute atomic E-state index is 11.7. The number of carbonyl (C=O) groups excluding carboxylic acids is 1. The van der Waals surface area contributed by atoms with Gasteiger partial charge in [0.25, 0.3) is 0 Å². The number of hydrogen-bond donors (Lipinski definition) is 3. The standard InChI is InChI=1S/C13H21N3O4/c1-7-8(2)20-9(15-7)6-14-12(19)16-10(11(17)18)13(3,4)5/h10H,6H2,1-5H3,(H,17,18)(H2,14,16,19)/t10-/m0/s1. The molecule has 20 heavy (non-hydrogen) atoms. The Hall–Kier alpha value is -2.05. The average molecular weight is 283 g/mol. The first-order valence-corrected chi connectivity index (χ1v) is 6.31. The molecule has 0 aliphatic heterocycles. The van der Waals surface area contributed by atoms with E-state index in [1.54, 1.807) is 27.7 Å². The molecule has 0 bridgehead atoms. The van der Waals surface area contributed by atoms with Gasteiger partial charge in [0.2, 0.25) is 5.89 Å². The van der Waals surface area contributed by atoms with Gasteiger partial charge in [-0.2, -0.15) is 0 Å². The molecule has 7 heteroatoms. The number of nitrogens with zero attached hydrogens (tertiary/aromatic N) is 1. The van der Waals surface area contributed by atoms with Gasteiger partial charge in [-0.25, -0.2) is 14.6 Å². The van der Waals surface area contributed by atoms with Crippen LogP contribution in [-0.2, 0) is 11.3 Å². The molecule has 1 aromatic heterocycles. The SMILES string of the molecule is Cc1nc(CNC(=O)N[C@@H](C(=O)O)C(C)(C)C)oc1C. The lowest BCUT2D eigenvalue weighted by molar-refractivity contribution is -0.141. The Kier molecular flexibility index (Phi) is 4.75. The van der Waals surface area contributed by atoms with Gasteiger partial charge < -0.3 is 20.2 Å². The molecule has 0 spiro atoms. The van der Waals surface area contributed by atoms with Gasteiger partial charge in [0, 0.05) is 0 Å². The van der Waals surface area contributed by atoms with E-state index < -0.39 is 23.5 Å². The number of oxazole rings is 1. The number of carboxylic acid groups (broad SMARTS) is 1. The van der Waals surface area contributed by atoms with E-state index in [1.807, 2.05) is 6.92 Å². The van der Waals surface area contributed by atoms with Crippen LogP contribution >= 0.6 is 0 Å². The molecule has 2 amide bonds. The van der Waals surface area contributed by atoms with E-state index in [0.29, 0.717) is 11.7 Å². The van der Waals surface area contributed by atoms with Gasteiger partial charge in [-0.1, -0.05) is 20.8 Å². The lowest BCUT2D eigenvalue weighted by atomic mass is 9.87. The third-order valence-corrected chi connectivity index (χ3v) is 2.86. The van der Waals surface area contributed by atoms with E-state index in [1.165, 1.54) is 0 Å². The van der Waals surface area contributed by atoms with Crippen LogP contribution in [0, 0.1) is 19.3 Å². The Morgan fingerprint density at radius 1 is 1.35 bits per heavy atom. The van der Waals surface area contributed by atoms with E-state index in [9.17, 15) is 9.59 Å². The zero-order chi connectivity index (χ0) is 15.5. The molecule has 0 aromatic carbocycles. The summed E-state index contributed by atoms with van der Waals surface area (Å²) in [6, 6.07) is -1.55. The first-order valence-electron chi connectivity index (χ1n) is 6.31. The fourth-order valence-corrected chi connectivity index (χ4v) is 1.60. The third kappa shape index (κ3) is 4.25. The van der Waals surface area contributed by atoms with Crippen molar-refractivity contribution in [3.8, 4) is 0 Å². The number of carbonyl (C=O) groups is 2. The number of urea groups is 1. The fourth-order valence-electron chi connectivity index (χ4n) is 1.60. The van der Waals surface area contributed by atoms with Crippen molar-refractivity contribution in [3.63, 3.8) is 0 Å². The van der Waals surface area contributed by atoms with Crippen molar-refractivity contribution < 1.29 is 19.1 Å². The Morgan fingerprint density at radius 3 is 2.35 bits per heavy atom. The molecular formula is C13H21N3O4. The van der Waals surface area contributed by atoms with E-state index in [-0.39, 0.29) is 6.54 Å². The van der Waals surface area contributed by atoms with Gasteiger partial charge in [0.05, 0.1) is 12.2 Å². The van der Waals surface area contributed by atoms with Crippen molar-refractivity contribution in [1.82, 2.24) is 15.6 Å². The summed E-state index contributed by atoms with van der Waals surface area (Å²) in [5.41, 5.74) is 0.180. The zero-order valence-corrected chi connectivity index (χ0v) is 12.4. The second kappa shape index (κ2) is 5.94. The van der Waals surface area contributed by atoms with Gasteiger partial charge in [0.15, 0.2) is 0 Å². The second-order valence-electron chi connectivity index (χ2n) is 5.71. The van der Waals surface area contributed by atoms with Gasteiger partial charge in [-0.3, -0.25) is 0 Å². The maximum atomic E-state index is 11.7. The highest BCUT2D eigenvalue weighted by Gasteiger charge is 2.32. The molecule has 0 aliphatic rings. The topological polar surface area (TPSA) is 104 Å². The molecule has 7 nitrogen and oxygen atoms in total. The first kappa shape index (κ1) is 16.0. The van der Waals surface area contributed by atoms with Crippen LogP contribution in [0.3, 0.4) is 0 Å². The molecule has 0 saturated heterocycles. The summed E-state index contributed by atoms with van der Waals surface area (Å²) in [7, 11) is 0. The van der Waals surface area contributed by atoms with Gasteiger partial charge >= 0.3 is 12.0 Å². The summed E-state index contributed by atoms with van der Waals surface area (Å²) < 4.78 is 5.31. The zero-order valence-electron chi connectivity index (χ0n) is 12.4. The highest BCUT2D eigenvalue weighted by molar-refractivity contribution is 5.83. The minimum absolute atomic E-state index is 0.108. The third-order valence-electron chi connectivity index (χ3n) is 2.86. The highest BCUT2D eigenvalue weighted by Crippen LogP contribution is 2.19. The van der Waals surface area contributed by atoms with Crippen LogP contribution < -0.4 is 10.6 Å². The molecule has 1 heterocycles. The number of aryl methyl sites for hydroxylation is 2. The summed E-state index contributed by atoms with van der Waals surface area (Å²) >= 11 is 0. The predicted molar refractivity (Wildman–Crippen MR) is 72.2 cm³/mol. The summed E-state index contributed by atoms with van der Waals surface area (Å²) in [6.07, 6.45) is 0. The number of carboxylic acids is 1. The van der Waals surface area contributed by atoms with E-state index in [0.717, 1.165) is 5.69 Å². The Balaban J connectivity index is 2.56. The van der Waals surface area contributed by atoms with E-state index >= 15 is 0 Å². The molecule has 1 aromatic rings. The van der Waals surface area contributed by atoms with Crippen molar-refractivity contribution in [2.75, 3.05) is 0 Å². The second-order valence-corrected chi connectivity index (χ2v) is 5.71. The molecule has 0 saturated carbocycles. The van der Waals surface area contributed by atoms with Crippen LogP contribution in [0.4, 0.5) is 4.79 Å². The monoisotopic (exact) mass is 283 g/mol. The van der Waals surface area contributed by atoms with Crippen LogP contribution in [0.1, 0.15) is 38.1 Å². The van der Waals surface area contributed by atoms with Crippen LogP contribution in [0.5, 0.6) is 0 Å². The number of aliphatic carboxylic acids is 1. The van der Waals surface area contributed by atoms with Crippen molar-refractivity contribution in [2.45, 2.75) is 47.2 Å². The van der Waals surface area contributed by atoms with Crippen molar-refractivity contribution >= 4 is 12.0 Å². The maximum Gasteiger partial charge on any atom is 0.326 e. The van der Waals surface area contributed by atoms with Crippen LogP contribution in [-0.4, -0.2) is 28.1 Å². The lowest BCUT2D eigenvalue weighted by Gasteiger charge is -2.27. The van der Waals surface area contributed by atoms with Crippen molar-refractivity contribution in [1.29, 1.82) is 0 Å². The number of hydrogen-bond acceptors (Lipinski definition) is 4. The molecule has 0 aliphatic carbocycles. The Labute approximate surface area is 117 Å². The molecule has 112 valence electrons. The van der Waals surface area contributed by atoms with Crippen LogP contribution in [0.25, 0.3) is 0 Å². The Morgan fingerprint density at radius 2 is 1.95 bits per heavy atom.